The molecular weight excluding hydrogens is 244 g/mol. The summed E-state index contributed by atoms with van der Waals surface area (Å²) in [6.45, 7) is 8.19. The van der Waals surface area contributed by atoms with Crippen LogP contribution in [-0.4, -0.2) is 37.6 Å². The third-order valence-electron chi connectivity index (χ3n) is 5.54. The first-order chi connectivity index (χ1) is 9.62. The molecule has 2 nitrogen and oxygen atoms in total. The van der Waals surface area contributed by atoms with Gasteiger partial charge in [-0.2, -0.15) is 0 Å². The molecular formula is C18H38N2. The fourth-order valence-corrected chi connectivity index (χ4v) is 3.88. The third kappa shape index (κ3) is 5.73. The molecule has 3 atom stereocenters. The van der Waals surface area contributed by atoms with Gasteiger partial charge in [-0.25, -0.2) is 0 Å². The van der Waals surface area contributed by atoms with Crippen LogP contribution in [0.5, 0.6) is 0 Å². The molecule has 1 rings (SSSR count). The predicted octanol–water partition coefficient (Wildman–Crippen LogP) is 4.30. The normalized spacial score (nSPS) is 25.9. The second-order valence-electron chi connectivity index (χ2n) is 7.00. The maximum Gasteiger partial charge on any atom is 0.0242 e. The summed E-state index contributed by atoms with van der Waals surface area (Å²) in [5, 5.41) is 3.90. The lowest BCUT2D eigenvalue weighted by atomic mass is 9.92. The van der Waals surface area contributed by atoms with E-state index in [-0.39, 0.29) is 0 Å². The zero-order chi connectivity index (χ0) is 15.0. The second-order valence-corrected chi connectivity index (χ2v) is 7.00. The van der Waals surface area contributed by atoms with Gasteiger partial charge >= 0.3 is 0 Å². The van der Waals surface area contributed by atoms with E-state index in [2.05, 4.69) is 45.1 Å². The predicted molar refractivity (Wildman–Crippen MR) is 90.2 cm³/mol. The van der Waals surface area contributed by atoms with E-state index in [1.165, 1.54) is 57.9 Å². The van der Waals surface area contributed by atoms with E-state index < -0.39 is 0 Å². The molecule has 0 heterocycles. The molecule has 0 amide bonds. The van der Waals surface area contributed by atoms with E-state index in [0.717, 1.165) is 17.9 Å². The van der Waals surface area contributed by atoms with Crippen molar-refractivity contribution in [3.63, 3.8) is 0 Å². The van der Waals surface area contributed by atoms with Gasteiger partial charge in [0.05, 0.1) is 0 Å². The molecule has 1 saturated carbocycles. The number of hydrogen-bond acceptors (Lipinski definition) is 2. The Balaban J connectivity index is 2.42. The molecule has 1 aliphatic rings. The van der Waals surface area contributed by atoms with Crippen molar-refractivity contribution in [2.75, 3.05) is 20.6 Å². The monoisotopic (exact) mass is 282 g/mol. The van der Waals surface area contributed by atoms with Crippen molar-refractivity contribution in [1.29, 1.82) is 0 Å². The van der Waals surface area contributed by atoms with Gasteiger partial charge in [-0.3, -0.25) is 0 Å². The van der Waals surface area contributed by atoms with Gasteiger partial charge in [0.25, 0.3) is 0 Å². The molecule has 1 fully saturated rings. The van der Waals surface area contributed by atoms with E-state index in [9.17, 15) is 0 Å². The lowest BCUT2D eigenvalue weighted by Crippen LogP contribution is -2.45. The summed E-state index contributed by atoms with van der Waals surface area (Å²) in [5.41, 5.74) is 0. The first-order valence-corrected chi connectivity index (χ1v) is 9.02. The number of nitrogens with zero attached hydrogens (tertiary/aromatic N) is 1. The van der Waals surface area contributed by atoms with Gasteiger partial charge < -0.3 is 10.2 Å². The molecule has 1 N–H and O–H groups in total. The Labute approximate surface area is 127 Å². The van der Waals surface area contributed by atoms with Gasteiger partial charge in [0, 0.05) is 18.6 Å². The highest BCUT2D eigenvalue weighted by Gasteiger charge is 2.23. The van der Waals surface area contributed by atoms with Crippen molar-refractivity contribution in [2.24, 2.45) is 11.8 Å². The van der Waals surface area contributed by atoms with Crippen LogP contribution in [-0.2, 0) is 0 Å². The molecule has 0 aromatic rings. The molecule has 0 bridgehead atoms. The molecule has 20 heavy (non-hydrogen) atoms. The lowest BCUT2D eigenvalue weighted by molar-refractivity contribution is 0.187. The highest BCUT2D eigenvalue weighted by atomic mass is 15.1. The number of nitrogens with one attached hydrogen (secondary N) is 1. The van der Waals surface area contributed by atoms with Crippen LogP contribution in [0.1, 0.15) is 72.1 Å². The van der Waals surface area contributed by atoms with Crippen LogP contribution in [0.3, 0.4) is 0 Å². The maximum absolute atomic E-state index is 3.90. The third-order valence-corrected chi connectivity index (χ3v) is 5.54. The molecule has 0 aliphatic heterocycles. The van der Waals surface area contributed by atoms with Crippen LogP contribution in [0, 0.1) is 11.8 Å². The topological polar surface area (TPSA) is 15.3 Å². The Kier molecular flexibility index (Phi) is 8.79. The zero-order valence-electron chi connectivity index (χ0n) is 14.6. The van der Waals surface area contributed by atoms with Crippen molar-refractivity contribution < 1.29 is 0 Å². The first kappa shape index (κ1) is 18.0. The Morgan fingerprint density at radius 3 is 2.25 bits per heavy atom. The number of likely N-dealkylation sites (N-methyl/N-ethyl adjacent to an activating group) is 1. The highest BCUT2D eigenvalue weighted by molar-refractivity contribution is 4.81. The average Bonchev–Trinajstić information content (AvgIpc) is 2.68. The Bertz CT molecular complexity index is 236. The summed E-state index contributed by atoms with van der Waals surface area (Å²) < 4.78 is 0. The summed E-state index contributed by atoms with van der Waals surface area (Å²) in [6, 6.07) is 1.46. The smallest absolute Gasteiger partial charge is 0.0242 e. The summed E-state index contributed by atoms with van der Waals surface area (Å²) >= 11 is 0. The summed E-state index contributed by atoms with van der Waals surface area (Å²) in [7, 11) is 4.48. The van der Waals surface area contributed by atoms with Crippen molar-refractivity contribution in [1.82, 2.24) is 10.2 Å². The van der Waals surface area contributed by atoms with Crippen LogP contribution in [0.25, 0.3) is 0 Å². The Morgan fingerprint density at radius 1 is 1.00 bits per heavy atom. The van der Waals surface area contributed by atoms with Gasteiger partial charge in [-0.1, -0.05) is 52.9 Å². The molecule has 0 aromatic carbocycles. The van der Waals surface area contributed by atoms with Gasteiger partial charge in [0.2, 0.25) is 0 Å². The molecule has 120 valence electrons. The fraction of sp³-hybridized carbons (Fsp3) is 1.00. The number of rotatable bonds is 8. The van der Waals surface area contributed by atoms with Crippen LogP contribution in [0.15, 0.2) is 0 Å². The summed E-state index contributed by atoms with van der Waals surface area (Å²) in [6.07, 6.45) is 11.1. The Morgan fingerprint density at radius 2 is 1.70 bits per heavy atom. The molecule has 0 saturated heterocycles. The van der Waals surface area contributed by atoms with Crippen molar-refractivity contribution in [3.05, 3.63) is 0 Å². The molecule has 1 aliphatic carbocycles. The lowest BCUT2D eigenvalue weighted by Gasteiger charge is -2.33. The molecule has 0 radical (unpaired) electrons. The number of hydrogen-bond donors (Lipinski definition) is 1. The Hall–Kier alpha value is -0.0800. The van der Waals surface area contributed by atoms with Crippen molar-refractivity contribution >= 4 is 0 Å². The minimum absolute atomic E-state index is 0.690. The fourth-order valence-electron chi connectivity index (χ4n) is 3.88. The van der Waals surface area contributed by atoms with Crippen molar-refractivity contribution in [2.45, 2.75) is 84.2 Å². The highest BCUT2D eigenvalue weighted by Crippen LogP contribution is 2.26. The minimum Gasteiger partial charge on any atom is -0.312 e. The van der Waals surface area contributed by atoms with E-state index in [1.807, 2.05) is 0 Å². The maximum atomic E-state index is 3.90. The van der Waals surface area contributed by atoms with E-state index >= 15 is 0 Å². The zero-order valence-corrected chi connectivity index (χ0v) is 14.6. The first-order valence-electron chi connectivity index (χ1n) is 9.02. The van der Waals surface area contributed by atoms with Crippen LogP contribution >= 0.6 is 0 Å². The summed E-state index contributed by atoms with van der Waals surface area (Å²) in [5.74, 6) is 1.82. The van der Waals surface area contributed by atoms with Gasteiger partial charge in [-0.15, -0.1) is 0 Å². The largest absolute Gasteiger partial charge is 0.312 e. The van der Waals surface area contributed by atoms with Crippen LogP contribution in [0.4, 0.5) is 0 Å². The standard InChI is InChI=1S/C18H38N2/c1-6-15-10-9-11-17(13-12-15)19-14-18(20(4)5)16(7-2)8-3/h15-19H,6-14H2,1-5H3. The van der Waals surface area contributed by atoms with E-state index in [4.69, 9.17) is 0 Å². The van der Waals surface area contributed by atoms with Crippen LogP contribution in [0.2, 0.25) is 0 Å². The molecule has 0 spiro atoms. The van der Waals surface area contributed by atoms with Gasteiger partial charge in [-0.05, 0) is 45.2 Å². The van der Waals surface area contributed by atoms with Crippen LogP contribution < -0.4 is 5.32 Å². The van der Waals surface area contributed by atoms with E-state index in [0.29, 0.717) is 6.04 Å². The average molecular weight is 283 g/mol. The van der Waals surface area contributed by atoms with Gasteiger partial charge in [0.1, 0.15) is 0 Å². The summed E-state index contributed by atoms with van der Waals surface area (Å²) in [4.78, 5) is 2.43. The molecule has 0 aromatic heterocycles. The van der Waals surface area contributed by atoms with Gasteiger partial charge in [0.15, 0.2) is 0 Å². The second kappa shape index (κ2) is 9.78. The van der Waals surface area contributed by atoms with E-state index in [1.54, 1.807) is 0 Å². The molecule has 3 unspecified atom stereocenters. The quantitative estimate of drug-likeness (QED) is 0.668. The molecule has 2 heteroatoms. The van der Waals surface area contributed by atoms with Crippen molar-refractivity contribution in [3.8, 4) is 0 Å². The SMILES string of the molecule is CCC1CCCC(NCC(C(CC)CC)N(C)C)CC1. The minimum atomic E-state index is 0.690.